The largest absolute Gasteiger partial charge is 0.484 e. The Morgan fingerprint density at radius 1 is 1.30 bits per heavy atom. The molecule has 0 bridgehead atoms. The van der Waals surface area contributed by atoms with Crippen LogP contribution in [-0.4, -0.2) is 43.2 Å². The predicted octanol–water partition coefficient (Wildman–Crippen LogP) is 1.68. The number of nitrogens with two attached hydrogens (primary N) is 1. The van der Waals surface area contributed by atoms with E-state index in [4.69, 9.17) is 15.2 Å². The van der Waals surface area contributed by atoms with Crippen molar-refractivity contribution in [1.82, 2.24) is 4.90 Å². The Morgan fingerprint density at radius 3 is 2.55 bits per heavy atom. The van der Waals surface area contributed by atoms with Crippen LogP contribution >= 0.6 is 0 Å². The van der Waals surface area contributed by atoms with Crippen molar-refractivity contribution in [3.63, 3.8) is 0 Å². The van der Waals surface area contributed by atoms with Gasteiger partial charge in [-0.25, -0.2) is 0 Å². The van der Waals surface area contributed by atoms with E-state index in [0.29, 0.717) is 17.5 Å². The summed E-state index contributed by atoms with van der Waals surface area (Å²) in [7, 11) is 0. The number of nitrogens with zero attached hydrogens (tertiary/aromatic N) is 1. The van der Waals surface area contributed by atoms with E-state index >= 15 is 0 Å². The Balaban J connectivity index is 1.74. The van der Waals surface area contributed by atoms with Crippen molar-refractivity contribution in [1.29, 1.82) is 0 Å². The number of rotatable bonds is 5. The molecular weight excluding hydrogens is 256 g/mol. The number of ether oxygens (including phenoxy) is 2. The third-order valence-corrected chi connectivity index (χ3v) is 3.44. The molecule has 5 heteroatoms. The average Bonchev–Trinajstić information content (AvgIpc) is 2.47. The van der Waals surface area contributed by atoms with Gasteiger partial charge in [-0.15, -0.1) is 0 Å². The Morgan fingerprint density at radius 2 is 1.95 bits per heavy atom. The first-order valence-electron chi connectivity index (χ1n) is 7.06. The summed E-state index contributed by atoms with van der Waals surface area (Å²) in [5.74, 6) is 0.688. The first-order valence-corrected chi connectivity index (χ1v) is 7.06. The van der Waals surface area contributed by atoms with E-state index in [2.05, 4.69) is 0 Å². The molecule has 1 saturated heterocycles. The van der Waals surface area contributed by atoms with Gasteiger partial charge in [-0.05, 0) is 44.0 Å². The normalized spacial score (nSPS) is 16.1. The Kier molecular flexibility index (Phi) is 5.24. The summed E-state index contributed by atoms with van der Waals surface area (Å²) in [6.07, 6.45) is 2.10. The van der Waals surface area contributed by atoms with E-state index in [1.807, 2.05) is 11.8 Å². The number of nitrogen functional groups attached to an aromatic ring is 1. The maximum atomic E-state index is 12.0. The molecule has 2 N–H and O–H groups in total. The van der Waals surface area contributed by atoms with Crippen LogP contribution < -0.4 is 10.5 Å². The summed E-state index contributed by atoms with van der Waals surface area (Å²) >= 11 is 0. The summed E-state index contributed by atoms with van der Waals surface area (Å²) in [4.78, 5) is 13.9. The van der Waals surface area contributed by atoms with Crippen molar-refractivity contribution in [2.45, 2.75) is 25.9 Å². The highest BCUT2D eigenvalue weighted by Gasteiger charge is 2.22. The predicted molar refractivity (Wildman–Crippen MR) is 77.6 cm³/mol. The minimum absolute atomic E-state index is 0.0248. The van der Waals surface area contributed by atoms with Gasteiger partial charge in [0.15, 0.2) is 6.61 Å². The van der Waals surface area contributed by atoms with Crippen molar-refractivity contribution in [2.75, 3.05) is 32.0 Å². The van der Waals surface area contributed by atoms with Crippen molar-refractivity contribution < 1.29 is 14.3 Å². The Hall–Kier alpha value is -1.75. The highest BCUT2D eigenvalue weighted by molar-refractivity contribution is 5.77. The molecule has 1 aromatic rings. The maximum Gasteiger partial charge on any atom is 0.260 e. The molecule has 1 aliphatic heterocycles. The molecule has 1 fully saturated rings. The molecule has 110 valence electrons. The molecule has 0 aromatic heterocycles. The number of amides is 1. The van der Waals surface area contributed by atoms with Crippen LogP contribution in [-0.2, 0) is 9.53 Å². The monoisotopic (exact) mass is 278 g/mol. The molecule has 5 nitrogen and oxygen atoms in total. The summed E-state index contributed by atoms with van der Waals surface area (Å²) in [5, 5.41) is 0. The number of likely N-dealkylation sites (tertiary alicyclic amines) is 1. The van der Waals surface area contributed by atoms with Gasteiger partial charge in [0.2, 0.25) is 0 Å². The van der Waals surface area contributed by atoms with E-state index in [9.17, 15) is 4.79 Å². The fourth-order valence-corrected chi connectivity index (χ4v) is 2.31. The zero-order valence-corrected chi connectivity index (χ0v) is 11.9. The van der Waals surface area contributed by atoms with Gasteiger partial charge in [-0.3, -0.25) is 4.79 Å². The third kappa shape index (κ3) is 4.13. The van der Waals surface area contributed by atoms with Crippen molar-refractivity contribution in [3.05, 3.63) is 24.3 Å². The molecule has 0 radical (unpaired) electrons. The molecule has 0 atom stereocenters. The third-order valence-electron chi connectivity index (χ3n) is 3.44. The number of hydrogen-bond acceptors (Lipinski definition) is 4. The minimum Gasteiger partial charge on any atom is -0.484 e. The summed E-state index contributed by atoms with van der Waals surface area (Å²) < 4.78 is 11.0. The highest BCUT2D eigenvalue weighted by atomic mass is 16.5. The lowest BCUT2D eigenvalue weighted by Gasteiger charge is -2.31. The van der Waals surface area contributed by atoms with Crippen LogP contribution in [0.25, 0.3) is 0 Å². The van der Waals surface area contributed by atoms with Crippen LogP contribution in [0.3, 0.4) is 0 Å². The molecule has 1 heterocycles. The lowest BCUT2D eigenvalue weighted by molar-refractivity contribution is -0.135. The molecule has 20 heavy (non-hydrogen) atoms. The van der Waals surface area contributed by atoms with Crippen molar-refractivity contribution in [2.24, 2.45) is 0 Å². The maximum absolute atomic E-state index is 12.0. The smallest absolute Gasteiger partial charge is 0.260 e. The fourth-order valence-electron chi connectivity index (χ4n) is 2.31. The molecule has 1 aromatic carbocycles. The Labute approximate surface area is 119 Å². The molecule has 1 amide bonds. The lowest BCUT2D eigenvalue weighted by Crippen LogP contribution is -2.43. The number of hydrogen-bond donors (Lipinski definition) is 1. The van der Waals surface area contributed by atoms with Gasteiger partial charge in [0.1, 0.15) is 5.75 Å². The SMILES string of the molecule is CCOC1CCN(C(=O)COc2ccc(N)cc2)CC1. The molecule has 2 rings (SSSR count). The second kappa shape index (κ2) is 7.14. The van der Waals surface area contributed by atoms with Crippen LogP contribution in [0.15, 0.2) is 24.3 Å². The topological polar surface area (TPSA) is 64.8 Å². The first kappa shape index (κ1) is 14.7. The van der Waals surface area contributed by atoms with Crippen LogP contribution in [0, 0.1) is 0 Å². The van der Waals surface area contributed by atoms with Crippen LogP contribution in [0.2, 0.25) is 0 Å². The molecule has 0 spiro atoms. The van der Waals surface area contributed by atoms with Crippen molar-refractivity contribution in [3.8, 4) is 5.75 Å². The van der Waals surface area contributed by atoms with Gasteiger partial charge >= 0.3 is 0 Å². The van der Waals surface area contributed by atoms with E-state index in [-0.39, 0.29) is 12.5 Å². The van der Waals surface area contributed by atoms with Gasteiger partial charge in [0.05, 0.1) is 6.10 Å². The number of anilines is 1. The average molecular weight is 278 g/mol. The molecule has 0 aliphatic carbocycles. The standard InChI is InChI=1S/C15H22N2O3/c1-2-19-14-7-9-17(10-8-14)15(18)11-20-13-5-3-12(16)4-6-13/h3-6,14H,2,7-11,16H2,1H3. The van der Waals surface area contributed by atoms with Crippen molar-refractivity contribution >= 4 is 11.6 Å². The molecule has 0 unspecified atom stereocenters. The lowest BCUT2D eigenvalue weighted by atomic mass is 10.1. The molecular formula is C15H22N2O3. The zero-order chi connectivity index (χ0) is 14.4. The van der Waals surface area contributed by atoms with Crippen LogP contribution in [0.5, 0.6) is 5.75 Å². The van der Waals surface area contributed by atoms with E-state index in [1.54, 1.807) is 24.3 Å². The van der Waals surface area contributed by atoms with Gasteiger partial charge < -0.3 is 20.1 Å². The second-order valence-electron chi connectivity index (χ2n) is 4.89. The molecule has 1 aliphatic rings. The second-order valence-corrected chi connectivity index (χ2v) is 4.89. The number of benzene rings is 1. The van der Waals surface area contributed by atoms with Gasteiger partial charge in [0, 0.05) is 25.4 Å². The van der Waals surface area contributed by atoms with E-state index in [1.165, 1.54) is 0 Å². The van der Waals surface area contributed by atoms with Crippen LogP contribution in [0.4, 0.5) is 5.69 Å². The fraction of sp³-hybridized carbons (Fsp3) is 0.533. The quantitative estimate of drug-likeness (QED) is 0.832. The molecule has 0 saturated carbocycles. The van der Waals surface area contributed by atoms with E-state index < -0.39 is 0 Å². The minimum atomic E-state index is 0.0248. The van der Waals surface area contributed by atoms with Crippen LogP contribution in [0.1, 0.15) is 19.8 Å². The number of piperidine rings is 1. The van der Waals surface area contributed by atoms with Gasteiger partial charge in [-0.2, -0.15) is 0 Å². The summed E-state index contributed by atoms with van der Waals surface area (Å²) in [6.45, 7) is 4.29. The summed E-state index contributed by atoms with van der Waals surface area (Å²) in [6, 6.07) is 7.05. The Bertz CT molecular complexity index is 425. The highest BCUT2D eigenvalue weighted by Crippen LogP contribution is 2.15. The van der Waals surface area contributed by atoms with E-state index in [0.717, 1.165) is 32.5 Å². The van der Waals surface area contributed by atoms with Gasteiger partial charge in [0.25, 0.3) is 5.91 Å². The number of carbonyl (C=O) groups excluding carboxylic acids is 1. The zero-order valence-electron chi connectivity index (χ0n) is 11.9. The number of carbonyl (C=O) groups is 1. The summed E-state index contributed by atoms with van der Waals surface area (Å²) in [5.41, 5.74) is 6.28. The van der Waals surface area contributed by atoms with Gasteiger partial charge in [-0.1, -0.05) is 0 Å². The first-order chi connectivity index (χ1) is 9.69.